The topological polar surface area (TPSA) is 20.2 Å². The molecule has 19 heavy (non-hydrogen) atoms. The van der Waals surface area contributed by atoms with E-state index in [-0.39, 0.29) is 0 Å². The van der Waals surface area contributed by atoms with Crippen molar-refractivity contribution in [2.24, 2.45) is 11.8 Å². The first-order chi connectivity index (χ1) is 8.86. The number of aliphatic hydroxyl groups is 1. The summed E-state index contributed by atoms with van der Waals surface area (Å²) in [7, 11) is 0. The van der Waals surface area contributed by atoms with Crippen molar-refractivity contribution in [2.45, 2.75) is 65.9 Å². The average Bonchev–Trinajstić information content (AvgIpc) is 2.33. The molecule has 106 valence electrons. The Balaban J connectivity index is 2.50. The third-order valence-corrected chi connectivity index (χ3v) is 5.05. The molecular formula is C18H28O. The van der Waals surface area contributed by atoms with Crippen LogP contribution in [0.15, 0.2) is 12.1 Å². The summed E-state index contributed by atoms with van der Waals surface area (Å²) in [5.41, 5.74) is 4.42. The Bertz CT molecular complexity index is 461. The highest BCUT2D eigenvalue weighted by Gasteiger charge is 2.42. The second-order valence-electron chi connectivity index (χ2n) is 6.77. The maximum absolute atomic E-state index is 11.4. The van der Waals surface area contributed by atoms with E-state index >= 15 is 0 Å². The molecule has 1 aromatic rings. The number of rotatable bonds is 2. The molecule has 1 nitrogen and oxygen atoms in total. The number of aryl methyl sites for hydroxylation is 3. The zero-order chi connectivity index (χ0) is 14.2. The third kappa shape index (κ3) is 2.58. The highest BCUT2D eigenvalue weighted by Crippen LogP contribution is 2.46. The summed E-state index contributed by atoms with van der Waals surface area (Å²) in [5, 5.41) is 11.4. The number of hydrogen-bond donors (Lipinski definition) is 1. The Labute approximate surface area is 118 Å². The van der Waals surface area contributed by atoms with Gasteiger partial charge < -0.3 is 5.11 Å². The number of benzene rings is 1. The molecule has 0 heterocycles. The highest BCUT2D eigenvalue weighted by atomic mass is 16.3. The normalized spacial score (nSPS) is 27.8. The molecule has 1 fully saturated rings. The van der Waals surface area contributed by atoms with Crippen LogP contribution >= 0.6 is 0 Å². The second kappa shape index (κ2) is 5.28. The van der Waals surface area contributed by atoms with Crippen molar-refractivity contribution in [3.8, 4) is 0 Å². The van der Waals surface area contributed by atoms with Gasteiger partial charge in [-0.1, -0.05) is 38.8 Å². The number of hydrogen-bond acceptors (Lipinski definition) is 1. The van der Waals surface area contributed by atoms with E-state index in [9.17, 15) is 5.11 Å². The fraction of sp³-hybridized carbons (Fsp3) is 0.667. The van der Waals surface area contributed by atoms with Crippen molar-refractivity contribution in [2.75, 3.05) is 0 Å². The van der Waals surface area contributed by atoms with Crippen LogP contribution in [-0.4, -0.2) is 5.11 Å². The van der Waals surface area contributed by atoms with Crippen molar-refractivity contribution in [3.63, 3.8) is 0 Å². The molecule has 1 aliphatic carbocycles. The molecule has 0 radical (unpaired) electrons. The van der Waals surface area contributed by atoms with Crippen LogP contribution in [0.5, 0.6) is 0 Å². The lowest BCUT2D eigenvalue weighted by Crippen LogP contribution is -2.41. The third-order valence-electron chi connectivity index (χ3n) is 5.05. The SMILES string of the molecule is Cc1cc(C)c(C2(O)CCCCC2C(C)C)cc1C. The molecule has 2 unspecified atom stereocenters. The van der Waals surface area contributed by atoms with Crippen molar-refractivity contribution >= 4 is 0 Å². The van der Waals surface area contributed by atoms with Gasteiger partial charge in [-0.05, 0) is 67.7 Å². The standard InChI is InChI=1S/C18H28O/c1-12(2)16-8-6-7-9-18(16,19)17-11-14(4)13(3)10-15(17)5/h10-12,16,19H,6-9H2,1-5H3. The molecule has 0 spiro atoms. The minimum Gasteiger partial charge on any atom is -0.385 e. The lowest BCUT2D eigenvalue weighted by atomic mass is 9.66. The van der Waals surface area contributed by atoms with Gasteiger partial charge in [0.2, 0.25) is 0 Å². The second-order valence-corrected chi connectivity index (χ2v) is 6.77. The molecule has 0 aromatic heterocycles. The van der Waals surface area contributed by atoms with Crippen LogP contribution in [0, 0.1) is 32.6 Å². The fourth-order valence-corrected chi connectivity index (χ4v) is 3.83. The van der Waals surface area contributed by atoms with Crippen LogP contribution in [0.4, 0.5) is 0 Å². The van der Waals surface area contributed by atoms with Crippen LogP contribution in [0.1, 0.15) is 61.8 Å². The van der Waals surface area contributed by atoms with Crippen molar-refractivity contribution in [1.82, 2.24) is 0 Å². The minimum atomic E-state index is -0.616. The summed E-state index contributed by atoms with van der Waals surface area (Å²) >= 11 is 0. The van der Waals surface area contributed by atoms with Gasteiger partial charge in [0.15, 0.2) is 0 Å². The molecule has 1 aromatic carbocycles. The maximum atomic E-state index is 11.4. The van der Waals surface area contributed by atoms with Crippen molar-refractivity contribution < 1.29 is 5.11 Å². The summed E-state index contributed by atoms with van der Waals surface area (Å²) < 4.78 is 0. The van der Waals surface area contributed by atoms with Gasteiger partial charge in [0.25, 0.3) is 0 Å². The molecule has 1 aliphatic rings. The molecule has 0 bridgehead atoms. The minimum absolute atomic E-state index is 0.391. The van der Waals surface area contributed by atoms with Gasteiger partial charge >= 0.3 is 0 Å². The average molecular weight is 260 g/mol. The summed E-state index contributed by atoms with van der Waals surface area (Å²) in [6.45, 7) is 10.9. The zero-order valence-corrected chi connectivity index (χ0v) is 13.1. The van der Waals surface area contributed by atoms with E-state index in [0.29, 0.717) is 11.8 Å². The van der Waals surface area contributed by atoms with Crippen LogP contribution in [0.3, 0.4) is 0 Å². The highest BCUT2D eigenvalue weighted by molar-refractivity contribution is 5.40. The predicted molar refractivity (Wildman–Crippen MR) is 81.3 cm³/mol. The van der Waals surface area contributed by atoms with Crippen LogP contribution < -0.4 is 0 Å². The monoisotopic (exact) mass is 260 g/mol. The zero-order valence-electron chi connectivity index (χ0n) is 13.1. The summed E-state index contributed by atoms with van der Waals surface area (Å²) in [6, 6.07) is 4.46. The Morgan fingerprint density at radius 3 is 2.32 bits per heavy atom. The van der Waals surface area contributed by atoms with Gasteiger partial charge in [0.1, 0.15) is 0 Å². The van der Waals surface area contributed by atoms with Crippen LogP contribution in [0.25, 0.3) is 0 Å². The van der Waals surface area contributed by atoms with E-state index in [0.717, 1.165) is 19.3 Å². The fourth-order valence-electron chi connectivity index (χ4n) is 3.83. The first kappa shape index (κ1) is 14.6. The predicted octanol–water partition coefficient (Wildman–Crippen LogP) is 4.65. The van der Waals surface area contributed by atoms with Crippen LogP contribution in [0.2, 0.25) is 0 Å². The Morgan fingerprint density at radius 1 is 1.05 bits per heavy atom. The lowest BCUT2D eigenvalue weighted by Gasteiger charge is -2.43. The molecular weight excluding hydrogens is 232 g/mol. The smallest absolute Gasteiger partial charge is 0.0929 e. The lowest BCUT2D eigenvalue weighted by molar-refractivity contribution is -0.0726. The van der Waals surface area contributed by atoms with Gasteiger partial charge in [-0.3, -0.25) is 0 Å². The molecule has 2 atom stereocenters. The molecule has 0 amide bonds. The summed E-state index contributed by atoms with van der Waals surface area (Å²) in [4.78, 5) is 0. The Morgan fingerprint density at radius 2 is 1.68 bits per heavy atom. The molecule has 1 heteroatoms. The van der Waals surface area contributed by atoms with Gasteiger partial charge in [-0.15, -0.1) is 0 Å². The summed E-state index contributed by atoms with van der Waals surface area (Å²) in [5.74, 6) is 0.924. The first-order valence-electron chi connectivity index (χ1n) is 7.67. The molecule has 1 N–H and O–H groups in total. The Hall–Kier alpha value is -0.820. The van der Waals surface area contributed by atoms with E-state index in [1.54, 1.807) is 0 Å². The van der Waals surface area contributed by atoms with Gasteiger partial charge in [-0.2, -0.15) is 0 Å². The van der Waals surface area contributed by atoms with Crippen molar-refractivity contribution in [3.05, 3.63) is 34.4 Å². The molecule has 0 aliphatic heterocycles. The van der Waals surface area contributed by atoms with E-state index < -0.39 is 5.60 Å². The molecule has 0 saturated heterocycles. The van der Waals surface area contributed by atoms with E-state index in [4.69, 9.17) is 0 Å². The maximum Gasteiger partial charge on any atom is 0.0929 e. The first-order valence-corrected chi connectivity index (χ1v) is 7.67. The quantitative estimate of drug-likeness (QED) is 0.821. The molecule has 2 rings (SSSR count). The van der Waals surface area contributed by atoms with E-state index in [1.165, 1.54) is 28.7 Å². The van der Waals surface area contributed by atoms with Crippen LogP contribution in [-0.2, 0) is 5.60 Å². The summed E-state index contributed by atoms with van der Waals surface area (Å²) in [6.07, 6.45) is 4.47. The molecule has 1 saturated carbocycles. The van der Waals surface area contributed by atoms with Gasteiger partial charge in [-0.25, -0.2) is 0 Å². The van der Waals surface area contributed by atoms with Gasteiger partial charge in [0.05, 0.1) is 5.60 Å². The van der Waals surface area contributed by atoms with E-state index in [1.807, 2.05) is 0 Å². The van der Waals surface area contributed by atoms with Gasteiger partial charge in [0, 0.05) is 0 Å². The Kier molecular flexibility index (Phi) is 4.06. The van der Waals surface area contributed by atoms with Crippen molar-refractivity contribution in [1.29, 1.82) is 0 Å². The largest absolute Gasteiger partial charge is 0.385 e. The van der Waals surface area contributed by atoms with E-state index in [2.05, 4.69) is 46.8 Å².